The van der Waals surface area contributed by atoms with E-state index in [1.165, 1.54) is 0 Å². The number of carbonyl (C=O) groups is 1. The number of nitrogens with two attached hydrogens (primary N) is 1. The molecule has 4 nitrogen and oxygen atoms in total. The first-order valence-electron chi connectivity index (χ1n) is 5.70. The lowest BCUT2D eigenvalue weighted by molar-refractivity contribution is -0.120. The van der Waals surface area contributed by atoms with Gasteiger partial charge in [0, 0.05) is 13.0 Å². The number of aromatic hydroxyl groups is 1. The average molecular weight is 236 g/mol. The number of phenolic OH excluding ortho intramolecular Hbond substituents is 1. The van der Waals surface area contributed by atoms with E-state index < -0.39 is 6.04 Å². The molecule has 0 aromatic heterocycles. The molecule has 0 saturated heterocycles. The molecule has 0 bridgehead atoms. The van der Waals surface area contributed by atoms with E-state index in [1.54, 1.807) is 24.3 Å². The van der Waals surface area contributed by atoms with Crippen LogP contribution in [-0.2, 0) is 11.2 Å². The van der Waals surface area contributed by atoms with E-state index in [1.807, 2.05) is 19.0 Å². The lowest BCUT2D eigenvalue weighted by Gasteiger charge is -2.13. The van der Waals surface area contributed by atoms with Gasteiger partial charge in [0.1, 0.15) is 5.75 Å². The Labute approximate surface area is 102 Å². The minimum Gasteiger partial charge on any atom is -0.508 e. The molecule has 1 aromatic carbocycles. The van der Waals surface area contributed by atoms with Crippen molar-refractivity contribution in [2.75, 3.05) is 20.6 Å². The minimum absolute atomic E-state index is 0.0757. The highest BCUT2D eigenvalue weighted by Crippen LogP contribution is 2.11. The van der Waals surface area contributed by atoms with Gasteiger partial charge in [-0.2, -0.15) is 0 Å². The molecular weight excluding hydrogens is 216 g/mol. The predicted molar refractivity (Wildman–Crippen MR) is 68.0 cm³/mol. The maximum Gasteiger partial charge on any atom is 0.151 e. The summed E-state index contributed by atoms with van der Waals surface area (Å²) in [5.74, 6) is 0.299. The summed E-state index contributed by atoms with van der Waals surface area (Å²) in [4.78, 5) is 13.7. The van der Waals surface area contributed by atoms with Crippen molar-refractivity contribution in [1.29, 1.82) is 0 Å². The zero-order valence-corrected chi connectivity index (χ0v) is 10.4. The summed E-state index contributed by atoms with van der Waals surface area (Å²) in [5.41, 5.74) is 6.81. The number of phenols is 1. The standard InChI is InChI=1S/C13H20N2O2/c1-15(2)8-7-13(17)12(14)9-10-3-5-11(16)6-4-10/h3-6,12,16H,7-9,14H2,1-2H3. The van der Waals surface area contributed by atoms with Gasteiger partial charge < -0.3 is 15.7 Å². The van der Waals surface area contributed by atoms with Gasteiger partial charge in [-0.1, -0.05) is 12.1 Å². The highest BCUT2D eigenvalue weighted by atomic mass is 16.3. The molecule has 0 aliphatic heterocycles. The van der Waals surface area contributed by atoms with Crippen LogP contribution in [-0.4, -0.2) is 42.5 Å². The predicted octanol–water partition coefficient (Wildman–Crippen LogP) is 0.783. The van der Waals surface area contributed by atoms with Crippen LogP contribution < -0.4 is 5.73 Å². The second kappa shape index (κ2) is 6.37. The van der Waals surface area contributed by atoms with Crippen molar-refractivity contribution in [2.24, 2.45) is 5.73 Å². The van der Waals surface area contributed by atoms with Crippen LogP contribution in [0, 0.1) is 0 Å². The van der Waals surface area contributed by atoms with E-state index in [-0.39, 0.29) is 11.5 Å². The quantitative estimate of drug-likeness (QED) is 0.766. The third kappa shape index (κ3) is 4.97. The van der Waals surface area contributed by atoms with Crippen LogP contribution in [0.2, 0.25) is 0 Å². The fraction of sp³-hybridized carbons (Fsp3) is 0.462. The Morgan fingerprint density at radius 3 is 2.47 bits per heavy atom. The highest BCUT2D eigenvalue weighted by molar-refractivity contribution is 5.84. The molecular formula is C13H20N2O2. The Balaban J connectivity index is 2.45. The molecule has 0 fully saturated rings. The number of hydrogen-bond donors (Lipinski definition) is 2. The first kappa shape index (κ1) is 13.7. The lowest BCUT2D eigenvalue weighted by atomic mass is 10.0. The average Bonchev–Trinajstić information content (AvgIpc) is 2.28. The van der Waals surface area contributed by atoms with Crippen molar-refractivity contribution in [3.05, 3.63) is 29.8 Å². The van der Waals surface area contributed by atoms with Crippen LogP contribution >= 0.6 is 0 Å². The van der Waals surface area contributed by atoms with Crippen molar-refractivity contribution >= 4 is 5.78 Å². The van der Waals surface area contributed by atoms with Gasteiger partial charge in [-0.15, -0.1) is 0 Å². The third-order valence-electron chi connectivity index (χ3n) is 2.61. The topological polar surface area (TPSA) is 66.6 Å². The zero-order valence-electron chi connectivity index (χ0n) is 10.4. The van der Waals surface area contributed by atoms with Gasteiger partial charge in [0.25, 0.3) is 0 Å². The van der Waals surface area contributed by atoms with Crippen LogP contribution in [0.3, 0.4) is 0 Å². The smallest absolute Gasteiger partial charge is 0.151 e. The molecule has 0 aliphatic rings. The molecule has 1 rings (SSSR count). The van der Waals surface area contributed by atoms with E-state index in [9.17, 15) is 4.79 Å². The molecule has 1 unspecified atom stereocenters. The Morgan fingerprint density at radius 1 is 1.35 bits per heavy atom. The van der Waals surface area contributed by atoms with E-state index in [2.05, 4.69) is 0 Å². The third-order valence-corrected chi connectivity index (χ3v) is 2.61. The van der Waals surface area contributed by atoms with Gasteiger partial charge in [-0.3, -0.25) is 4.79 Å². The van der Waals surface area contributed by atoms with E-state index in [0.717, 1.165) is 12.1 Å². The second-order valence-corrected chi connectivity index (χ2v) is 4.50. The monoisotopic (exact) mass is 236 g/mol. The molecule has 3 N–H and O–H groups in total. The van der Waals surface area contributed by atoms with E-state index >= 15 is 0 Å². The van der Waals surface area contributed by atoms with Crippen LogP contribution in [0.15, 0.2) is 24.3 Å². The number of benzene rings is 1. The molecule has 4 heteroatoms. The van der Waals surface area contributed by atoms with Crippen LogP contribution in [0.25, 0.3) is 0 Å². The maximum absolute atomic E-state index is 11.7. The first-order valence-corrected chi connectivity index (χ1v) is 5.70. The molecule has 0 spiro atoms. The summed E-state index contributed by atoms with van der Waals surface area (Å²) in [6, 6.07) is 6.32. The zero-order chi connectivity index (χ0) is 12.8. The number of hydrogen-bond acceptors (Lipinski definition) is 4. The van der Waals surface area contributed by atoms with Gasteiger partial charge in [0.05, 0.1) is 6.04 Å². The Hall–Kier alpha value is -1.39. The molecule has 1 aromatic rings. The molecule has 1 atom stereocenters. The Morgan fingerprint density at radius 2 is 1.94 bits per heavy atom. The second-order valence-electron chi connectivity index (χ2n) is 4.50. The van der Waals surface area contributed by atoms with Gasteiger partial charge in [0.15, 0.2) is 5.78 Å². The Kier molecular flexibility index (Phi) is 5.12. The van der Waals surface area contributed by atoms with Crippen LogP contribution in [0.1, 0.15) is 12.0 Å². The van der Waals surface area contributed by atoms with Crippen molar-refractivity contribution in [3.8, 4) is 5.75 Å². The molecule has 0 heterocycles. The fourth-order valence-corrected chi connectivity index (χ4v) is 1.52. The van der Waals surface area contributed by atoms with Crippen LogP contribution in [0.5, 0.6) is 5.75 Å². The normalized spacial score (nSPS) is 12.7. The summed E-state index contributed by atoms with van der Waals surface area (Å²) < 4.78 is 0. The van der Waals surface area contributed by atoms with Gasteiger partial charge in [-0.05, 0) is 38.2 Å². The summed E-state index contributed by atoms with van der Waals surface area (Å²) >= 11 is 0. The first-order chi connectivity index (χ1) is 7.99. The minimum atomic E-state index is -0.459. The molecule has 17 heavy (non-hydrogen) atoms. The molecule has 0 saturated carbocycles. The van der Waals surface area contributed by atoms with Gasteiger partial charge in [-0.25, -0.2) is 0 Å². The van der Waals surface area contributed by atoms with Gasteiger partial charge in [0.2, 0.25) is 0 Å². The fourth-order valence-electron chi connectivity index (χ4n) is 1.52. The molecule has 0 radical (unpaired) electrons. The summed E-state index contributed by atoms with van der Waals surface area (Å²) in [6.45, 7) is 0.724. The number of nitrogens with zero attached hydrogens (tertiary/aromatic N) is 1. The summed E-state index contributed by atoms with van der Waals surface area (Å²) in [5, 5.41) is 9.14. The summed E-state index contributed by atoms with van der Waals surface area (Å²) in [7, 11) is 3.86. The number of rotatable bonds is 6. The van der Waals surface area contributed by atoms with Crippen molar-refractivity contribution in [1.82, 2.24) is 4.90 Å². The van der Waals surface area contributed by atoms with Crippen molar-refractivity contribution in [2.45, 2.75) is 18.9 Å². The highest BCUT2D eigenvalue weighted by Gasteiger charge is 2.13. The SMILES string of the molecule is CN(C)CCC(=O)C(N)Cc1ccc(O)cc1. The van der Waals surface area contributed by atoms with Crippen molar-refractivity contribution in [3.63, 3.8) is 0 Å². The Bertz CT molecular complexity index is 360. The maximum atomic E-state index is 11.7. The van der Waals surface area contributed by atoms with E-state index in [0.29, 0.717) is 12.8 Å². The number of Topliss-reactive ketones (excluding diaryl/α,β-unsaturated/α-hetero) is 1. The lowest BCUT2D eigenvalue weighted by Crippen LogP contribution is -2.34. The van der Waals surface area contributed by atoms with E-state index in [4.69, 9.17) is 10.8 Å². The van der Waals surface area contributed by atoms with Gasteiger partial charge >= 0.3 is 0 Å². The number of carbonyl (C=O) groups excluding carboxylic acids is 1. The van der Waals surface area contributed by atoms with Crippen molar-refractivity contribution < 1.29 is 9.90 Å². The number of ketones is 1. The molecule has 94 valence electrons. The molecule has 0 aliphatic carbocycles. The largest absolute Gasteiger partial charge is 0.508 e. The summed E-state index contributed by atoms with van der Waals surface area (Å²) in [6.07, 6.45) is 0.999. The molecule has 0 amide bonds. The van der Waals surface area contributed by atoms with Crippen LogP contribution in [0.4, 0.5) is 0 Å².